The molecule has 1 unspecified atom stereocenters. The molecule has 0 radical (unpaired) electrons. The Morgan fingerprint density at radius 1 is 1.53 bits per heavy atom. The van der Waals surface area contributed by atoms with Gasteiger partial charge in [-0.15, -0.1) is 0 Å². The number of carboxylic acids is 1. The van der Waals surface area contributed by atoms with E-state index in [1.807, 2.05) is 6.92 Å². The van der Waals surface area contributed by atoms with Crippen molar-refractivity contribution in [3.63, 3.8) is 0 Å². The molecule has 1 saturated heterocycles. The van der Waals surface area contributed by atoms with Crippen LogP contribution in [-0.2, 0) is 4.79 Å². The zero-order valence-electron chi connectivity index (χ0n) is 9.96. The van der Waals surface area contributed by atoms with E-state index < -0.39 is 5.97 Å². The molecule has 1 aromatic heterocycles. The molecule has 92 valence electrons. The van der Waals surface area contributed by atoms with Gasteiger partial charge in [-0.2, -0.15) is 0 Å². The molecule has 2 heterocycles. The van der Waals surface area contributed by atoms with Crippen LogP contribution in [0.15, 0.2) is 12.4 Å². The van der Waals surface area contributed by atoms with E-state index in [1.165, 1.54) is 0 Å². The second-order valence-corrected chi connectivity index (χ2v) is 4.48. The minimum absolute atomic E-state index is 0.215. The lowest BCUT2D eigenvalue weighted by Gasteiger charge is -2.24. The molecule has 1 aromatic rings. The van der Waals surface area contributed by atoms with E-state index in [2.05, 4.69) is 14.9 Å². The predicted octanol–water partition coefficient (Wildman–Crippen LogP) is 1.62. The fourth-order valence-electron chi connectivity index (χ4n) is 2.22. The number of nitrogens with zero attached hydrogens (tertiary/aromatic N) is 3. The van der Waals surface area contributed by atoms with Gasteiger partial charge in [-0.05, 0) is 31.7 Å². The molecule has 5 heteroatoms. The predicted molar refractivity (Wildman–Crippen MR) is 64.0 cm³/mol. The van der Waals surface area contributed by atoms with Gasteiger partial charge in [0.05, 0.1) is 0 Å². The van der Waals surface area contributed by atoms with E-state index in [4.69, 9.17) is 5.11 Å². The van der Waals surface area contributed by atoms with E-state index in [0.717, 1.165) is 30.9 Å². The number of aromatic nitrogens is 2. The zero-order valence-corrected chi connectivity index (χ0v) is 9.96. The summed E-state index contributed by atoms with van der Waals surface area (Å²) in [4.78, 5) is 21.3. The maximum atomic E-state index is 10.6. The normalized spacial score (nSPS) is 19.6. The summed E-state index contributed by atoms with van der Waals surface area (Å²) in [7, 11) is 0. The molecular formula is C12H17N3O2. The number of hydrogen-bond acceptors (Lipinski definition) is 4. The van der Waals surface area contributed by atoms with Crippen LogP contribution in [-0.4, -0.2) is 33.6 Å². The van der Waals surface area contributed by atoms with Gasteiger partial charge in [-0.1, -0.05) is 0 Å². The van der Waals surface area contributed by atoms with Gasteiger partial charge in [0.1, 0.15) is 0 Å². The smallest absolute Gasteiger partial charge is 0.303 e. The summed E-state index contributed by atoms with van der Waals surface area (Å²) < 4.78 is 0. The van der Waals surface area contributed by atoms with E-state index in [-0.39, 0.29) is 12.5 Å². The lowest BCUT2D eigenvalue weighted by atomic mass is 10.1. The molecule has 1 atom stereocenters. The van der Waals surface area contributed by atoms with Crippen molar-refractivity contribution < 1.29 is 9.90 Å². The first kappa shape index (κ1) is 11.8. The third kappa shape index (κ3) is 2.93. The third-order valence-electron chi connectivity index (χ3n) is 3.09. The lowest BCUT2D eigenvalue weighted by molar-refractivity contribution is -0.137. The SMILES string of the molecule is Cc1cnc(N2CCCC2CCC(=O)O)nc1. The van der Waals surface area contributed by atoms with Gasteiger partial charge in [-0.25, -0.2) is 9.97 Å². The monoisotopic (exact) mass is 235 g/mol. The third-order valence-corrected chi connectivity index (χ3v) is 3.09. The maximum Gasteiger partial charge on any atom is 0.303 e. The molecule has 0 aliphatic carbocycles. The minimum Gasteiger partial charge on any atom is -0.481 e. The molecule has 1 aliphatic heterocycles. The van der Waals surface area contributed by atoms with Crippen molar-refractivity contribution in [3.8, 4) is 0 Å². The second-order valence-electron chi connectivity index (χ2n) is 4.48. The number of anilines is 1. The molecule has 17 heavy (non-hydrogen) atoms. The van der Waals surface area contributed by atoms with E-state index >= 15 is 0 Å². The molecule has 0 bridgehead atoms. The van der Waals surface area contributed by atoms with Crippen molar-refractivity contribution in [1.82, 2.24) is 9.97 Å². The van der Waals surface area contributed by atoms with Crippen LogP contribution in [0, 0.1) is 6.92 Å². The molecule has 0 aromatic carbocycles. The van der Waals surface area contributed by atoms with Crippen molar-refractivity contribution >= 4 is 11.9 Å². The largest absolute Gasteiger partial charge is 0.481 e. The molecule has 1 fully saturated rings. The zero-order chi connectivity index (χ0) is 12.3. The van der Waals surface area contributed by atoms with E-state index in [0.29, 0.717) is 6.42 Å². The summed E-state index contributed by atoms with van der Waals surface area (Å²) in [5, 5.41) is 8.72. The number of carbonyl (C=O) groups is 1. The highest BCUT2D eigenvalue weighted by molar-refractivity contribution is 5.66. The Kier molecular flexibility index (Phi) is 3.56. The Morgan fingerprint density at radius 3 is 2.88 bits per heavy atom. The number of hydrogen-bond donors (Lipinski definition) is 1. The Hall–Kier alpha value is -1.65. The van der Waals surface area contributed by atoms with Crippen molar-refractivity contribution in [3.05, 3.63) is 18.0 Å². The summed E-state index contributed by atoms with van der Waals surface area (Å²) in [5.74, 6) is -0.00911. The molecule has 0 saturated carbocycles. The number of rotatable bonds is 4. The summed E-state index contributed by atoms with van der Waals surface area (Å²) in [5.41, 5.74) is 1.04. The molecule has 1 N–H and O–H groups in total. The van der Waals surface area contributed by atoms with Crippen LogP contribution >= 0.6 is 0 Å². The van der Waals surface area contributed by atoms with Crippen LogP contribution in [0.1, 0.15) is 31.2 Å². The number of aryl methyl sites for hydroxylation is 1. The first-order chi connectivity index (χ1) is 8.16. The van der Waals surface area contributed by atoms with Gasteiger partial charge in [-0.3, -0.25) is 4.79 Å². The molecular weight excluding hydrogens is 218 g/mol. The van der Waals surface area contributed by atoms with Crippen LogP contribution in [0.3, 0.4) is 0 Å². The second kappa shape index (κ2) is 5.12. The van der Waals surface area contributed by atoms with Crippen LogP contribution in [0.5, 0.6) is 0 Å². The highest BCUT2D eigenvalue weighted by Gasteiger charge is 2.26. The van der Waals surface area contributed by atoms with Crippen LogP contribution in [0.2, 0.25) is 0 Å². The van der Waals surface area contributed by atoms with Crippen molar-refractivity contribution in [1.29, 1.82) is 0 Å². The van der Waals surface area contributed by atoms with Gasteiger partial charge in [0.2, 0.25) is 5.95 Å². The summed E-state index contributed by atoms with van der Waals surface area (Å²) in [6.07, 6.45) is 6.61. The average molecular weight is 235 g/mol. The average Bonchev–Trinajstić information content (AvgIpc) is 2.75. The fourth-order valence-corrected chi connectivity index (χ4v) is 2.22. The van der Waals surface area contributed by atoms with Crippen molar-refractivity contribution in [2.75, 3.05) is 11.4 Å². The van der Waals surface area contributed by atoms with Gasteiger partial charge in [0, 0.05) is 31.4 Å². The minimum atomic E-state index is -0.735. The van der Waals surface area contributed by atoms with Crippen molar-refractivity contribution in [2.24, 2.45) is 0 Å². The molecule has 0 spiro atoms. The standard InChI is InChI=1S/C12H17N3O2/c1-9-7-13-12(14-8-9)15-6-2-3-10(15)4-5-11(16)17/h7-8,10H,2-6H2,1H3,(H,16,17). The van der Waals surface area contributed by atoms with Gasteiger partial charge in [0.25, 0.3) is 0 Å². The topological polar surface area (TPSA) is 66.3 Å². The first-order valence-corrected chi connectivity index (χ1v) is 5.94. The summed E-state index contributed by atoms with van der Waals surface area (Å²) >= 11 is 0. The number of carboxylic acid groups (broad SMARTS) is 1. The summed E-state index contributed by atoms with van der Waals surface area (Å²) in [6, 6.07) is 0.272. The van der Waals surface area contributed by atoms with Crippen molar-refractivity contribution in [2.45, 2.75) is 38.6 Å². The fraction of sp³-hybridized carbons (Fsp3) is 0.583. The lowest BCUT2D eigenvalue weighted by Crippen LogP contribution is -2.31. The number of aliphatic carboxylic acids is 1. The maximum absolute atomic E-state index is 10.6. The Bertz CT molecular complexity index is 391. The Morgan fingerprint density at radius 2 is 2.24 bits per heavy atom. The van der Waals surface area contributed by atoms with E-state index in [1.54, 1.807) is 12.4 Å². The molecule has 5 nitrogen and oxygen atoms in total. The molecule has 0 amide bonds. The van der Waals surface area contributed by atoms with E-state index in [9.17, 15) is 4.79 Å². The van der Waals surface area contributed by atoms with Crippen LogP contribution in [0.4, 0.5) is 5.95 Å². The quantitative estimate of drug-likeness (QED) is 0.859. The molecule has 2 rings (SSSR count). The van der Waals surface area contributed by atoms with Gasteiger partial charge in [0.15, 0.2) is 0 Å². The summed E-state index contributed by atoms with van der Waals surface area (Å²) in [6.45, 7) is 2.88. The Balaban J connectivity index is 2.03. The highest BCUT2D eigenvalue weighted by atomic mass is 16.4. The van der Waals surface area contributed by atoms with Crippen LogP contribution < -0.4 is 4.90 Å². The highest BCUT2D eigenvalue weighted by Crippen LogP contribution is 2.25. The Labute approximate surface area is 100 Å². The molecule has 1 aliphatic rings. The van der Waals surface area contributed by atoms with Crippen LogP contribution in [0.25, 0.3) is 0 Å². The van der Waals surface area contributed by atoms with Gasteiger partial charge < -0.3 is 10.0 Å². The first-order valence-electron chi connectivity index (χ1n) is 5.94. The van der Waals surface area contributed by atoms with Gasteiger partial charge >= 0.3 is 5.97 Å².